The first kappa shape index (κ1) is 12.4. The van der Waals surface area contributed by atoms with Crippen molar-refractivity contribution in [2.24, 2.45) is 0 Å². The van der Waals surface area contributed by atoms with E-state index < -0.39 is 23.2 Å². The monoisotopic (exact) mass is 250 g/mol. The molecule has 1 nitrogen and oxygen atoms in total. The molecule has 92 valence electrons. The van der Waals surface area contributed by atoms with E-state index in [2.05, 4.69) is 0 Å². The van der Waals surface area contributed by atoms with E-state index in [1.54, 1.807) is 6.07 Å². The standard InChI is InChI=1S/C14H9F3O/c15-11-6-2-1-4-9(11)8-13(18)10-5-3-7-12(16)14(10)17/h1-7H,8H2. The van der Waals surface area contributed by atoms with Crippen LogP contribution in [0.4, 0.5) is 13.2 Å². The third-order valence-corrected chi connectivity index (χ3v) is 2.56. The largest absolute Gasteiger partial charge is 0.294 e. The number of ketones is 1. The molecule has 2 aromatic carbocycles. The zero-order valence-corrected chi connectivity index (χ0v) is 9.29. The minimum atomic E-state index is -1.20. The molecule has 0 N–H and O–H groups in total. The molecule has 0 aliphatic rings. The van der Waals surface area contributed by atoms with Gasteiger partial charge in [-0.2, -0.15) is 0 Å². The molecular formula is C14H9F3O. The van der Waals surface area contributed by atoms with Crippen LogP contribution in [0.1, 0.15) is 15.9 Å². The second-order valence-corrected chi connectivity index (χ2v) is 3.79. The summed E-state index contributed by atoms with van der Waals surface area (Å²) in [6, 6.07) is 9.07. The Balaban J connectivity index is 2.28. The molecule has 0 fully saturated rings. The van der Waals surface area contributed by atoms with E-state index in [4.69, 9.17) is 0 Å². The number of carbonyl (C=O) groups excluding carboxylic acids is 1. The van der Waals surface area contributed by atoms with Gasteiger partial charge in [-0.05, 0) is 23.8 Å². The number of carbonyl (C=O) groups is 1. The molecule has 0 atom stereocenters. The Kier molecular flexibility index (Phi) is 3.46. The van der Waals surface area contributed by atoms with Gasteiger partial charge in [0.15, 0.2) is 17.4 Å². The Morgan fingerprint density at radius 3 is 2.28 bits per heavy atom. The third-order valence-electron chi connectivity index (χ3n) is 2.56. The van der Waals surface area contributed by atoms with Crippen LogP contribution in [0.25, 0.3) is 0 Å². The average Bonchev–Trinajstić information content (AvgIpc) is 2.35. The molecule has 0 amide bonds. The first-order chi connectivity index (χ1) is 8.59. The number of rotatable bonds is 3. The van der Waals surface area contributed by atoms with Crippen molar-refractivity contribution >= 4 is 5.78 Å². The van der Waals surface area contributed by atoms with Crippen molar-refractivity contribution in [3.05, 3.63) is 71.0 Å². The number of hydrogen-bond donors (Lipinski definition) is 0. The number of halogens is 3. The Morgan fingerprint density at radius 2 is 1.56 bits per heavy atom. The van der Waals surface area contributed by atoms with E-state index in [1.807, 2.05) is 0 Å². The van der Waals surface area contributed by atoms with Gasteiger partial charge in [0, 0.05) is 6.42 Å². The molecule has 0 saturated heterocycles. The van der Waals surface area contributed by atoms with Gasteiger partial charge in [0.2, 0.25) is 0 Å². The summed E-state index contributed by atoms with van der Waals surface area (Å²) in [4.78, 5) is 11.8. The molecule has 4 heteroatoms. The van der Waals surface area contributed by atoms with Crippen LogP contribution in [0.5, 0.6) is 0 Å². The molecule has 0 aromatic heterocycles. The highest BCUT2D eigenvalue weighted by molar-refractivity contribution is 5.97. The topological polar surface area (TPSA) is 17.1 Å². The molecular weight excluding hydrogens is 241 g/mol. The Morgan fingerprint density at radius 1 is 0.889 bits per heavy atom. The van der Waals surface area contributed by atoms with Gasteiger partial charge in [0.05, 0.1) is 5.56 Å². The number of hydrogen-bond acceptors (Lipinski definition) is 1. The molecule has 0 aliphatic heterocycles. The highest BCUT2D eigenvalue weighted by Gasteiger charge is 2.16. The zero-order chi connectivity index (χ0) is 13.1. The first-order valence-electron chi connectivity index (χ1n) is 5.30. The van der Waals surface area contributed by atoms with E-state index in [0.29, 0.717) is 0 Å². The van der Waals surface area contributed by atoms with Crippen molar-refractivity contribution < 1.29 is 18.0 Å². The van der Waals surface area contributed by atoms with Gasteiger partial charge in [-0.15, -0.1) is 0 Å². The lowest BCUT2D eigenvalue weighted by atomic mass is 10.0. The molecule has 0 saturated carbocycles. The quantitative estimate of drug-likeness (QED) is 0.761. The molecule has 2 aromatic rings. The minimum absolute atomic E-state index is 0.158. The molecule has 0 heterocycles. The van der Waals surface area contributed by atoms with E-state index in [-0.39, 0.29) is 17.5 Å². The van der Waals surface area contributed by atoms with Crippen LogP contribution in [-0.2, 0) is 6.42 Å². The summed E-state index contributed by atoms with van der Waals surface area (Å²) in [6.07, 6.45) is -0.299. The lowest BCUT2D eigenvalue weighted by molar-refractivity contribution is 0.0987. The molecule has 18 heavy (non-hydrogen) atoms. The zero-order valence-electron chi connectivity index (χ0n) is 9.29. The van der Waals surface area contributed by atoms with Crippen LogP contribution >= 0.6 is 0 Å². The second kappa shape index (κ2) is 5.04. The summed E-state index contributed by atoms with van der Waals surface area (Å²) < 4.78 is 39.6. The van der Waals surface area contributed by atoms with Gasteiger partial charge in [0.25, 0.3) is 0 Å². The molecule has 0 unspecified atom stereocenters. The fourth-order valence-corrected chi connectivity index (χ4v) is 1.63. The van der Waals surface area contributed by atoms with Crippen LogP contribution in [0.15, 0.2) is 42.5 Å². The fourth-order valence-electron chi connectivity index (χ4n) is 1.63. The van der Waals surface area contributed by atoms with Crippen molar-refractivity contribution in [1.29, 1.82) is 0 Å². The van der Waals surface area contributed by atoms with Crippen LogP contribution in [-0.4, -0.2) is 5.78 Å². The second-order valence-electron chi connectivity index (χ2n) is 3.79. The van der Waals surface area contributed by atoms with E-state index in [1.165, 1.54) is 30.3 Å². The Hall–Kier alpha value is -2.10. The van der Waals surface area contributed by atoms with Crippen molar-refractivity contribution in [2.75, 3.05) is 0 Å². The van der Waals surface area contributed by atoms with Gasteiger partial charge >= 0.3 is 0 Å². The molecule has 0 spiro atoms. The summed E-state index contributed by atoms with van der Waals surface area (Å²) >= 11 is 0. The van der Waals surface area contributed by atoms with Gasteiger partial charge in [-0.3, -0.25) is 4.79 Å². The maximum atomic E-state index is 13.4. The molecule has 0 radical (unpaired) electrons. The van der Waals surface area contributed by atoms with Crippen molar-refractivity contribution in [1.82, 2.24) is 0 Å². The Labute approximate surface area is 102 Å². The summed E-state index contributed by atoms with van der Waals surface area (Å²) in [5.41, 5.74) is -0.204. The fraction of sp³-hybridized carbons (Fsp3) is 0.0714. The number of Topliss-reactive ketones (excluding diaryl/α,β-unsaturated/α-hetero) is 1. The van der Waals surface area contributed by atoms with Gasteiger partial charge < -0.3 is 0 Å². The summed E-state index contributed by atoms with van der Waals surface area (Å²) in [5.74, 6) is -3.48. The highest BCUT2D eigenvalue weighted by atomic mass is 19.2. The smallest absolute Gasteiger partial charge is 0.170 e. The van der Waals surface area contributed by atoms with Crippen LogP contribution < -0.4 is 0 Å². The molecule has 2 rings (SSSR count). The SMILES string of the molecule is O=C(Cc1ccccc1F)c1cccc(F)c1F. The van der Waals surface area contributed by atoms with Crippen LogP contribution in [0.3, 0.4) is 0 Å². The van der Waals surface area contributed by atoms with Crippen molar-refractivity contribution in [3.63, 3.8) is 0 Å². The Bertz CT molecular complexity index is 593. The van der Waals surface area contributed by atoms with Gasteiger partial charge in [-0.1, -0.05) is 24.3 Å². The third kappa shape index (κ3) is 2.42. The summed E-state index contributed by atoms with van der Waals surface area (Å²) in [5, 5.41) is 0. The average molecular weight is 250 g/mol. The summed E-state index contributed by atoms with van der Waals surface area (Å²) in [7, 11) is 0. The molecule has 0 aliphatic carbocycles. The molecule has 0 bridgehead atoms. The minimum Gasteiger partial charge on any atom is -0.294 e. The lowest BCUT2D eigenvalue weighted by Crippen LogP contribution is -2.08. The summed E-state index contributed by atoms with van der Waals surface area (Å²) in [6.45, 7) is 0. The van der Waals surface area contributed by atoms with E-state index >= 15 is 0 Å². The van der Waals surface area contributed by atoms with Gasteiger partial charge in [0.1, 0.15) is 5.82 Å². The van der Waals surface area contributed by atoms with E-state index in [0.717, 1.165) is 6.07 Å². The normalized spacial score (nSPS) is 10.4. The highest BCUT2D eigenvalue weighted by Crippen LogP contribution is 2.15. The van der Waals surface area contributed by atoms with Crippen molar-refractivity contribution in [3.8, 4) is 0 Å². The van der Waals surface area contributed by atoms with Gasteiger partial charge in [-0.25, -0.2) is 13.2 Å². The first-order valence-corrected chi connectivity index (χ1v) is 5.30. The predicted molar refractivity (Wildman–Crippen MR) is 60.8 cm³/mol. The van der Waals surface area contributed by atoms with E-state index in [9.17, 15) is 18.0 Å². The maximum Gasteiger partial charge on any atom is 0.170 e. The lowest BCUT2D eigenvalue weighted by Gasteiger charge is -2.04. The number of benzene rings is 2. The van der Waals surface area contributed by atoms with Crippen molar-refractivity contribution in [2.45, 2.75) is 6.42 Å². The maximum absolute atomic E-state index is 13.4. The van der Waals surface area contributed by atoms with Crippen LogP contribution in [0, 0.1) is 17.5 Å². The van der Waals surface area contributed by atoms with Crippen LogP contribution in [0.2, 0.25) is 0 Å². The predicted octanol–water partition coefficient (Wildman–Crippen LogP) is 3.53.